The molecule has 0 radical (unpaired) electrons. The molecule has 0 aromatic rings. The molecule has 2 N–H and O–H groups in total. The third-order valence-corrected chi connectivity index (χ3v) is 7.75. The fourth-order valence-corrected chi connectivity index (χ4v) is 6.58. The maximum atomic E-state index is 11.6. The highest BCUT2D eigenvalue weighted by atomic mass is 31.2. The molecule has 124 valence electrons. The Hall–Kier alpha value is 0.110. The van der Waals surface area contributed by atoms with Crippen molar-refractivity contribution >= 4 is 7.60 Å². The van der Waals surface area contributed by atoms with Gasteiger partial charge in [0.2, 0.25) is 0 Å². The number of nitrogens with zero attached hydrogens (tertiary/aromatic N) is 1. The zero-order chi connectivity index (χ0) is 15.7. The first-order chi connectivity index (χ1) is 9.83. The van der Waals surface area contributed by atoms with Crippen LogP contribution in [0.25, 0.3) is 0 Å². The minimum absolute atomic E-state index is 0.595. The van der Waals surface area contributed by atoms with Gasteiger partial charge in [-0.25, -0.2) is 0 Å². The summed E-state index contributed by atoms with van der Waals surface area (Å²) in [6.45, 7) is 10.1. The van der Waals surface area contributed by atoms with Gasteiger partial charge in [-0.3, -0.25) is 4.57 Å². The van der Waals surface area contributed by atoms with E-state index in [0.29, 0.717) is 17.8 Å². The molecule has 4 nitrogen and oxygen atoms in total. The van der Waals surface area contributed by atoms with Gasteiger partial charge in [-0.05, 0) is 75.9 Å². The average molecular weight is 317 g/mol. The molecule has 4 aliphatic rings. The summed E-state index contributed by atoms with van der Waals surface area (Å²) in [5.41, 5.74) is 0. The lowest BCUT2D eigenvalue weighted by Crippen LogP contribution is -2.50. The lowest BCUT2D eigenvalue weighted by atomic mass is 9.56. The Bertz CT molecular complexity index is 348. The van der Waals surface area contributed by atoms with Crippen LogP contribution in [0.5, 0.6) is 0 Å². The average Bonchev–Trinajstić information content (AvgIpc) is 2.38. The molecule has 0 saturated heterocycles. The molecule has 0 spiro atoms. The molecule has 21 heavy (non-hydrogen) atoms. The molecule has 0 unspecified atom stereocenters. The van der Waals surface area contributed by atoms with Crippen LogP contribution in [0, 0.1) is 17.8 Å². The summed E-state index contributed by atoms with van der Waals surface area (Å²) in [5.74, 6) is 1.86. The van der Waals surface area contributed by atoms with Crippen molar-refractivity contribution in [3.63, 3.8) is 0 Å². The van der Waals surface area contributed by atoms with Gasteiger partial charge in [-0.15, -0.1) is 0 Å². The molecule has 4 fully saturated rings. The third-order valence-electron chi connectivity index (χ3n) is 5.97. The van der Waals surface area contributed by atoms with Gasteiger partial charge in [0.15, 0.2) is 0 Å². The van der Waals surface area contributed by atoms with Crippen molar-refractivity contribution in [2.75, 3.05) is 19.6 Å². The van der Waals surface area contributed by atoms with E-state index in [-0.39, 0.29) is 0 Å². The summed E-state index contributed by atoms with van der Waals surface area (Å²) < 4.78 is 11.6. The van der Waals surface area contributed by atoms with E-state index in [1.807, 2.05) is 0 Å². The molecule has 4 saturated carbocycles. The van der Waals surface area contributed by atoms with Gasteiger partial charge in [-0.1, -0.05) is 20.8 Å². The van der Waals surface area contributed by atoms with Crippen LogP contribution in [0.2, 0.25) is 0 Å². The topological polar surface area (TPSA) is 60.8 Å². The summed E-state index contributed by atoms with van der Waals surface area (Å²) in [4.78, 5) is 21.4. The second kappa shape index (κ2) is 6.70. The van der Waals surface area contributed by atoms with Crippen molar-refractivity contribution in [2.45, 2.75) is 64.5 Å². The predicted molar refractivity (Wildman–Crippen MR) is 86.4 cm³/mol. The molecule has 0 amide bonds. The van der Waals surface area contributed by atoms with Crippen molar-refractivity contribution in [3.8, 4) is 0 Å². The standard InChI is InChI=1S/C10H17O3P.C6H15N/c11-14(12,13)10-4-7-1-8(5-10)3-9(2-7)6-10;1-4-7(5-2)6-3/h7-9H,1-6H2,(H2,11,12,13);4-6H2,1-3H3. The smallest absolute Gasteiger partial charge is 0.324 e. The maximum Gasteiger partial charge on any atom is 0.331 e. The van der Waals surface area contributed by atoms with E-state index in [1.165, 1.54) is 38.9 Å². The van der Waals surface area contributed by atoms with Gasteiger partial charge < -0.3 is 14.7 Å². The lowest BCUT2D eigenvalue weighted by molar-refractivity contribution is 0.0228. The second-order valence-corrected chi connectivity index (χ2v) is 9.34. The molecule has 5 heteroatoms. The van der Waals surface area contributed by atoms with Gasteiger partial charge >= 0.3 is 7.60 Å². The summed E-state index contributed by atoms with van der Waals surface area (Å²) in [5, 5.41) is -0.595. The van der Waals surface area contributed by atoms with Crippen LogP contribution >= 0.6 is 7.60 Å². The highest BCUT2D eigenvalue weighted by Gasteiger charge is 2.58. The van der Waals surface area contributed by atoms with Crippen LogP contribution < -0.4 is 0 Å². The summed E-state index contributed by atoms with van der Waals surface area (Å²) in [6.07, 6.45) is 6.09. The quantitative estimate of drug-likeness (QED) is 0.779. The fourth-order valence-electron chi connectivity index (χ4n) is 5.09. The zero-order valence-electron chi connectivity index (χ0n) is 13.8. The molecule has 4 aliphatic carbocycles. The Morgan fingerprint density at radius 3 is 1.43 bits per heavy atom. The van der Waals surface area contributed by atoms with E-state index >= 15 is 0 Å². The second-order valence-electron chi connectivity index (χ2n) is 7.31. The number of hydrogen-bond acceptors (Lipinski definition) is 2. The highest BCUT2D eigenvalue weighted by molar-refractivity contribution is 7.53. The van der Waals surface area contributed by atoms with E-state index in [9.17, 15) is 14.4 Å². The van der Waals surface area contributed by atoms with E-state index in [2.05, 4.69) is 25.7 Å². The largest absolute Gasteiger partial charge is 0.331 e. The van der Waals surface area contributed by atoms with Crippen molar-refractivity contribution in [1.82, 2.24) is 4.90 Å². The minimum Gasteiger partial charge on any atom is -0.324 e. The van der Waals surface area contributed by atoms with Crippen molar-refractivity contribution < 1.29 is 14.4 Å². The van der Waals surface area contributed by atoms with Crippen LogP contribution in [-0.2, 0) is 4.57 Å². The van der Waals surface area contributed by atoms with Crippen LogP contribution in [0.4, 0.5) is 0 Å². The molecule has 0 aliphatic heterocycles. The van der Waals surface area contributed by atoms with Gasteiger partial charge in [0.25, 0.3) is 0 Å². The SMILES string of the molecule is CCN(CC)CC.O=P(O)(O)C12CC3CC(CC(C3)C1)C2. The van der Waals surface area contributed by atoms with E-state index in [0.717, 1.165) is 19.3 Å². The first-order valence-electron chi connectivity index (χ1n) is 8.61. The lowest BCUT2D eigenvalue weighted by Gasteiger charge is -2.56. The van der Waals surface area contributed by atoms with Crippen LogP contribution in [0.3, 0.4) is 0 Å². The maximum absolute atomic E-state index is 11.6. The third kappa shape index (κ3) is 3.72. The molecule has 0 aromatic carbocycles. The highest BCUT2D eigenvalue weighted by Crippen LogP contribution is 2.69. The van der Waals surface area contributed by atoms with E-state index < -0.39 is 12.8 Å². The Morgan fingerprint density at radius 1 is 0.905 bits per heavy atom. The normalized spacial score (nSPS) is 37.5. The Balaban J connectivity index is 0.000000199. The van der Waals surface area contributed by atoms with Gasteiger partial charge in [0, 0.05) is 0 Å². The molecule has 0 atom stereocenters. The Labute approximate surface area is 129 Å². The van der Waals surface area contributed by atoms with Crippen LogP contribution in [0.1, 0.15) is 59.3 Å². The first-order valence-corrected chi connectivity index (χ1v) is 10.2. The fraction of sp³-hybridized carbons (Fsp3) is 1.00. The molecule has 4 rings (SSSR count). The van der Waals surface area contributed by atoms with Crippen molar-refractivity contribution in [2.24, 2.45) is 17.8 Å². The van der Waals surface area contributed by atoms with Gasteiger partial charge in [-0.2, -0.15) is 0 Å². The van der Waals surface area contributed by atoms with Crippen LogP contribution in [0.15, 0.2) is 0 Å². The molecule has 0 aromatic heterocycles. The number of rotatable bonds is 4. The summed E-state index contributed by atoms with van der Waals surface area (Å²) >= 11 is 0. The van der Waals surface area contributed by atoms with Crippen molar-refractivity contribution in [1.29, 1.82) is 0 Å². The van der Waals surface area contributed by atoms with Gasteiger partial charge in [0.1, 0.15) is 0 Å². The predicted octanol–water partition coefficient (Wildman–Crippen LogP) is 3.48. The molecular formula is C16H32NO3P. The van der Waals surface area contributed by atoms with E-state index in [4.69, 9.17) is 0 Å². The Morgan fingerprint density at radius 2 is 1.24 bits per heavy atom. The molecular weight excluding hydrogens is 285 g/mol. The minimum atomic E-state index is -3.87. The molecule has 0 heterocycles. The number of hydrogen-bond donors (Lipinski definition) is 2. The first kappa shape index (κ1) is 17.5. The van der Waals surface area contributed by atoms with Crippen LogP contribution in [-0.4, -0.2) is 39.5 Å². The summed E-state index contributed by atoms with van der Waals surface area (Å²) in [7, 11) is -3.87. The molecule has 4 bridgehead atoms. The van der Waals surface area contributed by atoms with E-state index in [1.54, 1.807) is 0 Å². The monoisotopic (exact) mass is 317 g/mol. The zero-order valence-corrected chi connectivity index (χ0v) is 14.7. The Kier molecular flexibility index (Phi) is 5.57. The van der Waals surface area contributed by atoms with Crippen molar-refractivity contribution in [3.05, 3.63) is 0 Å². The van der Waals surface area contributed by atoms with Gasteiger partial charge in [0.05, 0.1) is 5.16 Å². The summed E-state index contributed by atoms with van der Waals surface area (Å²) in [6, 6.07) is 0.